The Balaban J connectivity index is 1.52. The molecule has 7 nitrogen and oxygen atoms in total. The van der Waals surface area contributed by atoms with Gasteiger partial charge < -0.3 is 26.0 Å². The molecular weight excluding hydrogens is 576 g/mol. The normalized spacial score (nSPS) is 40.7. The zero-order valence-corrected chi connectivity index (χ0v) is 28.8. The number of hydrogen-bond acceptors (Lipinski definition) is 7. The third-order valence-electron chi connectivity index (χ3n) is 13.1. The van der Waals surface area contributed by atoms with Crippen molar-refractivity contribution in [3.05, 3.63) is 0 Å². The fourth-order valence-corrected chi connectivity index (χ4v) is 10.6. The van der Waals surface area contributed by atoms with Gasteiger partial charge in [0.15, 0.2) is 0 Å². The van der Waals surface area contributed by atoms with Gasteiger partial charge in [0.2, 0.25) is 0 Å². The van der Waals surface area contributed by atoms with Crippen LogP contribution in [0, 0.1) is 71.0 Å². The van der Waals surface area contributed by atoms with Crippen molar-refractivity contribution in [1.29, 1.82) is 0 Å². The molecule has 1 saturated heterocycles. The Bertz CT molecular complexity index is 1050. The fourth-order valence-electron chi connectivity index (χ4n) is 10.6. The summed E-state index contributed by atoms with van der Waals surface area (Å²) < 4.78 is 5.72. The number of ketones is 2. The quantitative estimate of drug-likeness (QED) is 0.200. The van der Waals surface area contributed by atoms with Gasteiger partial charge in [-0.2, -0.15) is 0 Å². The highest BCUT2D eigenvalue weighted by Gasteiger charge is 2.44. The van der Waals surface area contributed by atoms with Gasteiger partial charge in [0, 0.05) is 37.9 Å². The molecule has 0 aromatic carbocycles. The first-order valence-corrected chi connectivity index (χ1v) is 19.2. The number of carbonyl (C=O) groups excluding carboxylic acids is 2. The molecule has 4 aliphatic carbocycles. The van der Waals surface area contributed by atoms with E-state index < -0.39 is 6.10 Å². The molecule has 0 aromatic rings. The van der Waals surface area contributed by atoms with Crippen LogP contribution in [0.3, 0.4) is 0 Å². The number of aliphatic hydroxyl groups is 2. The molecule has 0 radical (unpaired) electrons. The van der Waals surface area contributed by atoms with E-state index in [0.717, 1.165) is 70.8 Å². The number of rotatable bonds is 8. The molecule has 4 fully saturated rings. The first kappa shape index (κ1) is 36.0. The van der Waals surface area contributed by atoms with Crippen molar-refractivity contribution in [3.8, 4) is 11.8 Å². The lowest BCUT2D eigenvalue weighted by atomic mass is 9.63. The zero-order valence-electron chi connectivity index (χ0n) is 28.8. The Morgan fingerprint density at radius 1 is 0.957 bits per heavy atom. The van der Waals surface area contributed by atoms with Crippen molar-refractivity contribution in [2.75, 3.05) is 20.3 Å². The molecule has 5 N–H and O–H groups in total. The molecular formula is C39H64N2O5. The van der Waals surface area contributed by atoms with Crippen LogP contribution in [0.4, 0.5) is 0 Å². The number of fused-ring (bicyclic) bond motifs is 2. The van der Waals surface area contributed by atoms with E-state index in [0.29, 0.717) is 30.6 Å². The summed E-state index contributed by atoms with van der Waals surface area (Å²) in [5.74, 6) is 10.1. The second kappa shape index (κ2) is 17.4. The topological polar surface area (TPSA) is 122 Å². The third-order valence-corrected chi connectivity index (χ3v) is 13.1. The van der Waals surface area contributed by atoms with E-state index in [1.807, 2.05) is 0 Å². The summed E-state index contributed by atoms with van der Waals surface area (Å²) >= 11 is 0. The highest BCUT2D eigenvalue weighted by Crippen LogP contribution is 2.47. The molecule has 3 saturated carbocycles. The number of piperidine rings is 1. The van der Waals surface area contributed by atoms with Gasteiger partial charge in [-0.3, -0.25) is 9.59 Å². The predicted molar refractivity (Wildman–Crippen MR) is 181 cm³/mol. The number of methoxy groups -OCH3 is 1. The van der Waals surface area contributed by atoms with E-state index in [9.17, 15) is 19.8 Å². The average Bonchev–Trinajstić information content (AvgIpc) is 3.22. The van der Waals surface area contributed by atoms with Gasteiger partial charge in [0.1, 0.15) is 11.6 Å². The molecule has 1 heterocycles. The second-order valence-corrected chi connectivity index (χ2v) is 16.1. The molecule has 0 amide bonds. The van der Waals surface area contributed by atoms with E-state index in [2.05, 4.69) is 24.1 Å². The molecule has 12 atom stereocenters. The molecule has 1 aliphatic heterocycles. The Labute approximate surface area is 278 Å². The Morgan fingerprint density at radius 3 is 2.48 bits per heavy atom. The Hall–Kier alpha value is -1.30. The first-order valence-electron chi connectivity index (χ1n) is 19.2. The van der Waals surface area contributed by atoms with E-state index >= 15 is 0 Å². The van der Waals surface area contributed by atoms with Crippen molar-refractivity contribution >= 4 is 11.6 Å². The summed E-state index contributed by atoms with van der Waals surface area (Å²) in [6, 6.07) is 0. The predicted octanol–water partition coefficient (Wildman–Crippen LogP) is 5.64. The lowest BCUT2D eigenvalue weighted by molar-refractivity contribution is -0.131. The van der Waals surface area contributed by atoms with Crippen molar-refractivity contribution in [2.24, 2.45) is 64.9 Å². The number of nitrogens with two attached hydrogens (primary N) is 1. The van der Waals surface area contributed by atoms with Gasteiger partial charge in [0.25, 0.3) is 0 Å². The lowest BCUT2D eigenvalue weighted by Crippen LogP contribution is -2.44. The highest BCUT2D eigenvalue weighted by molar-refractivity contribution is 6.00. The van der Waals surface area contributed by atoms with E-state index in [1.54, 1.807) is 7.11 Å². The van der Waals surface area contributed by atoms with Crippen LogP contribution >= 0.6 is 0 Å². The molecule has 5 aliphatic rings. The maximum Gasteiger partial charge on any atom is 0.144 e. The first-order chi connectivity index (χ1) is 22.3. The van der Waals surface area contributed by atoms with E-state index in [4.69, 9.17) is 10.5 Å². The SMILES string of the molecule is CCCC(CO)C1CC(CC2CCNC(N)C2)CC2C#CC(C3CCCCC3)C3CC(O)C(OC)CC3CCC(=O)CC(=O)C2C1. The fraction of sp³-hybridized carbons (Fsp3) is 0.897. The minimum Gasteiger partial charge on any atom is -0.396 e. The highest BCUT2D eigenvalue weighted by atomic mass is 16.5. The van der Waals surface area contributed by atoms with Gasteiger partial charge in [-0.1, -0.05) is 44.4 Å². The van der Waals surface area contributed by atoms with Crippen LogP contribution < -0.4 is 11.1 Å². The number of carbonyl (C=O) groups is 2. The third kappa shape index (κ3) is 9.23. The number of aliphatic hydroxyl groups excluding tert-OH is 2. The van der Waals surface area contributed by atoms with Gasteiger partial charge in [-0.05, 0) is 125 Å². The molecule has 0 aromatic heterocycles. The summed E-state index contributed by atoms with van der Waals surface area (Å²) in [4.78, 5) is 27.6. The number of ether oxygens (including phenoxy) is 1. The van der Waals surface area contributed by atoms with Gasteiger partial charge in [0.05, 0.1) is 24.8 Å². The van der Waals surface area contributed by atoms with Crippen LogP contribution in [0.2, 0.25) is 0 Å². The maximum absolute atomic E-state index is 14.2. The van der Waals surface area contributed by atoms with Crippen LogP contribution in [-0.2, 0) is 14.3 Å². The van der Waals surface area contributed by atoms with Crippen LogP contribution in [-0.4, -0.2) is 60.4 Å². The van der Waals surface area contributed by atoms with E-state index in [-0.39, 0.29) is 78.3 Å². The Morgan fingerprint density at radius 2 is 1.76 bits per heavy atom. The standard InChI is InChI=1S/C39H64N2O5/c1-3-7-30(24-42)31-18-26(16-25-14-15-41-39(40)19-25)17-28-11-13-33(27-8-5-4-6-9-27)34-23-37(45)38(46-2)21-29(34)10-12-32(43)22-36(44)35(28)20-31/h25-31,33-35,37-39,41-42,45H,3-10,12,14-24,40H2,1-2H3. The smallest absolute Gasteiger partial charge is 0.144 e. The summed E-state index contributed by atoms with van der Waals surface area (Å²) in [5.41, 5.74) is 6.33. The monoisotopic (exact) mass is 640 g/mol. The largest absolute Gasteiger partial charge is 0.396 e. The summed E-state index contributed by atoms with van der Waals surface area (Å²) in [6.45, 7) is 3.28. The summed E-state index contributed by atoms with van der Waals surface area (Å²) in [7, 11) is 1.68. The van der Waals surface area contributed by atoms with Gasteiger partial charge in [-0.15, -0.1) is 0 Å². The molecule has 5 rings (SSSR count). The number of Topliss-reactive ketones (excluding diaryl/α,β-unsaturated/α-hetero) is 2. The van der Waals surface area contributed by atoms with Crippen LogP contribution in [0.1, 0.15) is 122 Å². The van der Waals surface area contributed by atoms with Gasteiger partial charge in [-0.25, -0.2) is 0 Å². The van der Waals surface area contributed by atoms with Crippen molar-refractivity contribution in [1.82, 2.24) is 5.32 Å². The minimum absolute atomic E-state index is 0.000717. The second-order valence-electron chi connectivity index (χ2n) is 16.1. The molecule has 0 spiro atoms. The summed E-state index contributed by atoms with van der Waals surface area (Å²) in [6.07, 6.45) is 15.8. The average molecular weight is 641 g/mol. The number of hydrogen-bond donors (Lipinski definition) is 4. The van der Waals surface area contributed by atoms with Crippen molar-refractivity contribution < 1.29 is 24.5 Å². The van der Waals surface area contributed by atoms with Crippen LogP contribution in [0.25, 0.3) is 0 Å². The molecule has 7 heteroatoms. The van der Waals surface area contributed by atoms with Crippen molar-refractivity contribution in [2.45, 2.75) is 141 Å². The van der Waals surface area contributed by atoms with Crippen molar-refractivity contribution in [3.63, 3.8) is 0 Å². The lowest BCUT2D eigenvalue weighted by Gasteiger charge is -2.44. The van der Waals surface area contributed by atoms with Crippen LogP contribution in [0.5, 0.6) is 0 Å². The number of nitrogens with one attached hydrogen (secondary N) is 1. The molecule has 0 bridgehead atoms. The maximum atomic E-state index is 14.2. The van der Waals surface area contributed by atoms with E-state index in [1.165, 1.54) is 32.1 Å². The summed E-state index contributed by atoms with van der Waals surface area (Å²) in [5, 5.41) is 25.1. The molecule has 46 heavy (non-hydrogen) atoms. The van der Waals surface area contributed by atoms with Crippen LogP contribution in [0.15, 0.2) is 0 Å². The van der Waals surface area contributed by atoms with Gasteiger partial charge >= 0.3 is 0 Å². The zero-order chi connectivity index (χ0) is 32.6. The minimum atomic E-state index is -0.509. The molecule has 260 valence electrons. The Kier molecular flexibility index (Phi) is 13.6. The molecule has 12 unspecified atom stereocenters.